The number of nitrogens with one attached hydrogen (secondary N) is 1. The number of terminal acetylenes is 1. The molecule has 0 radical (unpaired) electrons. The third-order valence-electron chi connectivity index (χ3n) is 1.61. The van der Waals surface area contributed by atoms with Crippen molar-refractivity contribution in [2.75, 3.05) is 0 Å². The van der Waals surface area contributed by atoms with E-state index in [1.165, 1.54) is 6.07 Å². The van der Waals surface area contributed by atoms with E-state index in [0.717, 1.165) is 12.1 Å². The monoisotopic (exact) mass is 182 g/mol. The van der Waals surface area contributed by atoms with E-state index in [2.05, 4.69) is 11.3 Å². The third kappa shape index (κ3) is 2.02. The Bertz CT molecular complexity index is 344. The summed E-state index contributed by atoms with van der Waals surface area (Å²) < 4.78 is 25.5. The Kier molecular flexibility index (Phi) is 2.96. The van der Waals surface area contributed by atoms with E-state index < -0.39 is 17.7 Å². The van der Waals surface area contributed by atoms with E-state index in [1.54, 1.807) is 0 Å². The van der Waals surface area contributed by atoms with Gasteiger partial charge in [0.05, 0.1) is 0 Å². The SMILES string of the molecule is C#CC(NN)c1ccc(F)cc1F. The van der Waals surface area contributed by atoms with Crippen LogP contribution in [0.25, 0.3) is 0 Å². The van der Waals surface area contributed by atoms with Crippen LogP contribution in [0, 0.1) is 24.0 Å². The van der Waals surface area contributed by atoms with Gasteiger partial charge >= 0.3 is 0 Å². The molecule has 0 saturated carbocycles. The van der Waals surface area contributed by atoms with Crippen LogP contribution in [0.2, 0.25) is 0 Å². The fourth-order valence-electron chi connectivity index (χ4n) is 0.963. The molecule has 1 rings (SSSR count). The van der Waals surface area contributed by atoms with E-state index in [1.807, 2.05) is 0 Å². The van der Waals surface area contributed by atoms with Crippen LogP contribution in [-0.2, 0) is 0 Å². The molecule has 1 aromatic carbocycles. The standard InChI is InChI=1S/C9H8F2N2/c1-2-9(13-12)7-4-3-6(10)5-8(7)11/h1,3-5,9,13H,12H2. The molecule has 1 unspecified atom stereocenters. The van der Waals surface area contributed by atoms with Crippen LogP contribution in [0.1, 0.15) is 11.6 Å². The van der Waals surface area contributed by atoms with Crippen molar-refractivity contribution < 1.29 is 8.78 Å². The lowest BCUT2D eigenvalue weighted by atomic mass is 10.1. The first-order chi connectivity index (χ1) is 6.19. The van der Waals surface area contributed by atoms with Crippen LogP contribution in [0.3, 0.4) is 0 Å². The van der Waals surface area contributed by atoms with Crippen molar-refractivity contribution in [1.29, 1.82) is 0 Å². The van der Waals surface area contributed by atoms with Gasteiger partial charge in [-0.15, -0.1) is 6.42 Å². The smallest absolute Gasteiger partial charge is 0.131 e. The molecule has 3 N–H and O–H groups in total. The van der Waals surface area contributed by atoms with Crippen LogP contribution in [0.15, 0.2) is 18.2 Å². The number of benzene rings is 1. The first-order valence-electron chi connectivity index (χ1n) is 3.56. The highest BCUT2D eigenvalue weighted by Crippen LogP contribution is 2.16. The molecule has 0 amide bonds. The molecule has 1 aromatic rings. The summed E-state index contributed by atoms with van der Waals surface area (Å²) in [6.07, 6.45) is 5.07. The fraction of sp³-hybridized carbons (Fsp3) is 0.111. The molecule has 68 valence electrons. The minimum Gasteiger partial charge on any atom is -0.270 e. The average molecular weight is 182 g/mol. The largest absolute Gasteiger partial charge is 0.270 e. The van der Waals surface area contributed by atoms with Crippen molar-refractivity contribution in [1.82, 2.24) is 5.43 Å². The molecule has 13 heavy (non-hydrogen) atoms. The van der Waals surface area contributed by atoms with Gasteiger partial charge in [-0.05, 0) is 6.07 Å². The van der Waals surface area contributed by atoms with Gasteiger partial charge in [0, 0.05) is 11.6 Å². The van der Waals surface area contributed by atoms with Crippen molar-refractivity contribution in [2.45, 2.75) is 6.04 Å². The first-order valence-corrected chi connectivity index (χ1v) is 3.56. The Morgan fingerprint density at radius 3 is 2.62 bits per heavy atom. The van der Waals surface area contributed by atoms with E-state index in [-0.39, 0.29) is 5.56 Å². The van der Waals surface area contributed by atoms with Gasteiger partial charge in [-0.25, -0.2) is 14.2 Å². The zero-order valence-corrected chi connectivity index (χ0v) is 6.72. The van der Waals surface area contributed by atoms with Gasteiger partial charge in [-0.1, -0.05) is 12.0 Å². The highest BCUT2D eigenvalue weighted by molar-refractivity contribution is 5.27. The van der Waals surface area contributed by atoms with E-state index in [0.29, 0.717) is 0 Å². The number of halogens is 2. The maximum absolute atomic E-state index is 13.0. The molecule has 0 aliphatic rings. The predicted molar refractivity (Wildman–Crippen MR) is 45.3 cm³/mol. The van der Waals surface area contributed by atoms with Gasteiger partial charge in [0.15, 0.2) is 0 Å². The molecule has 0 aliphatic heterocycles. The van der Waals surface area contributed by atoms with E-state index >= 15 is 0 Å². The normalized spacial score (nSPS) is 12.2. The molecule has 0 fully saturated rings. The molecule has 0 spiro atoms. The van der Waals surface area contributed by atoms with Gasteiger partial charge in [0.2, 0.25) is 0 Å². The summed E-state index contributed by atoms with van der Waals surface area (Å²) in [5.41, 5.74) is 2.39. The van der Waals surface area contributed by atoms with Crippen molar-refractivity contribution in [3.05, 3.63) is 35.4 Å². The van der Waals surface area contributed by atoms with Crippen molar-refractivity contribution in [2.24, 2.45) is 5.84 Å². The van der Waals surface area contributed by atoms with Crippen LogP contribution >= 0.6 is 0 Å². The summed E-state index contributed by atoms with van der Waals surface area (Å²) >= 11 is 0. The molecule has 0 saturated heterocycles. The second kappa shape index (κ2) is 3.99. The molecule has 1 atom stereocenters. The molecule has 0 bridgehead atoms. The second-order valence-electron chi connectivity index (χ2n) is 2.43. The molecule has 4 heteroatoms. The van der Waals surface area contributed by atoms with Crippen LogP contribution in [0.4, 0.5) is 8.78 Å². The first kappa shape index (κ1) is 9.65. The predicted octanol–water partition coefficient (Wildman–Crippen LogP) is 1.10. The number of nitrogens with two attached hydrogens (primary N) is 1. The minimum absolute atomic E-state index is 0.159. The summed E-state index contributed by atoms with van der Waals surface area (Å²) in [6, 6.07) is 2.41. The number of hydrazine groups is 1. The zero-order valence-electron chi connectivity index (χ0n) is 6.72. The maximum Gasteiger partial charge on any atom is 0.131 e. The highest BCUT2D eigenvalue weighted by atomic mass is 19.1. The van der Waals surface area contributed by atoms with Gasteiger partial charge in [0.1, 0.15) is 17.7 Å². The van der Waals surface area contributed by atoms with Crippen LogP contribution in [-0.4, -0.2) is 0 Å². The van der Waals surface area contributed by atoms with Crippen molar-refractivity contribution >= 4 is 0 Å². The Balaban J connectivity index is 3.09. The van der Waals surface area contributed by atoms with E-state index in [4.69, 9.17) is 12.3 Å². The Morgan fingerprint density at radius 1 is 1.46 bits per heavy atom. The van der Waals surface area contributed by atoms with Gasteiger partial charge in [-0.3, -0.25) is 5.84 Å². The third-order valence-corrected chi connectivity index (χ3v) is 1.61. The summed E-state index contributed by atoms with van der Waals surface area (Å²) in [5.74, 6) is 5.95. The molecule has 2 nitrogen and oxygen atoms in total. The van der Waals surface area contributed by atoms with Crippen molar-refractivity contribution in [3.63, 3.8) is 0 Å². The molecular formula is C9H8F2N2. The molecule has 0 aromatic heterocycles. The number of hydrogen-bond acceptors (Lipinski definition) is 2. The zero-order chi connectivity index (χ0) is 9.84. The minimum atomic E-state index is -0.736. The summed E-state index contributed by atoms with van der Waals surface area (Å²) in [5, 5.41) is 0. The lowest BCUT2D eigenvalue weighted by Crippen LogP contribution is -2.27. The summed E-state index contributed by atoms with van der Waals surface area (Å²) in [6.45, 7) is 0. The molecular weight excluding hydrogens is 174 g/mol. The Morgan fingerprint density at radius 2 is 2.15 bits per heavy atom. The van der Waals surface area contributed by atoms with Gasteiger partial charge in [-0.2, -0.15) is 0 Å². The lowest BCUT2D eigenvalue weighted by Gasteiger charge is -2.09. The maximum atomic E-state index is 13.0. The lowest BCUT2D eigenvalue weighted by molar-refractivity contribution is 0.551. The van der Waals surface area contributed by atoms with Crippen molar-refractivity contribution in [3.8, 4) is 12.3 Å². The fourth-order valence-corrected chi connectivity index (χ4v) is 0.963. The molecule has 0 aliphatic carbocycles. The topological polar surface area (TPSA) is 38.0 Å². The summed E-state index contributed by atoms with van der Waals surface area (Å²) in [7, 11) is 0. The molecule has 0 heterocycles. The van der Waals surface area contributed by atoms with E-state index in [9.17, 15) is 8.78 Å². The van der Waals surface area contributed by atoms with Gasteiger partial charge in [0.25, 0.3) is 0 Å². The summed E-state index contributed by atoms with van der Waals surface area (Å²) in [4.78, 5) is 0. The highest BCUT2D eigenvalue weighted by Gasteiger charge is 2.11. The van der Waals surface area contributed by atoms with Crippen LogP contribution in [0.5, 0.6) is 0 Å². The second-order valence-corrected chi connectivity index (χ2v) is 2.43. The van der Waals surface area contributed by atoms with Gasteiger partial charge < -0.3 is 0 Å². The van der Waals surface area contributed by atoms with Crippen LogP contribution < -0.4 is 11.3 Å². The average Bonchev–Trinajstić information content (AvgIpc) is 2.10. The number of rotatable bonds is 2. The Hall–Kier alpha value is -1.44. The quantitative estimate of drug-likeness (QED) is 0.408. The number of hydrogen-bond donors (Lipinski definition) is 2. The Labute approximate surface area is 74.7 Å².